The second-order valence-corrected chi connectivity index (χ2v) is 5.25. The summed E-state index contributed by atoms with van der Waals surface area (Å²) >= 11 is 0. The Morgan fingerprint density at radius 1 is 1.35 bits per heavy atom. The maximum Gasteiger partial charge on any atom is 0.120 e. The number of aromatic hydroxyl groups is 1. The van der Waals surface area contributed by atoms with Crippen LogP contribution < -0.4 is 5.32 Å². The van der Waals surface area contributed by atoms with E-state index in [1.165, 1.54) is 5.56 Å². The molecule has 2 N–H and O–H groups in total. The number of phenols is 1. The van der Waals surface area contributed by atoms with Crippen LogP contribution >= 0.6 is 0 Å². The third kappa shape index (κ3) is 4.10. The number of hydrogen-bond acceptors (Lipinski definition) is 3. The number of rotatable bonds is 7. The summed E-state index contributed by atoms with van der Waals surface area (Å²) in [5.74, 6) is 0.369. The van der Waals surface area contributed by atoms with Gasteiger partial charge in [-0.3, -0.25) is 0 Å². The van der Waals surface area contributed by atoms with Crippen molar-refractivity contribution in [2.24, 2.45) is 0 Å². The van der Waals surface area contributed by atoms with Crippen LogP contribution in [0.15, 0.2) is 36.9 Å². The molecule has 0 aliphatic heterocycles. The van der Waals surface area contributed by atoms with Crippen LogP contribution in [0.2, 0.25) is 0 Å². The second kappa shape index (κ2) is 7.10. The van der Waals surface area contributed by atoms with Crippen LogP contribution in [-0.4, -0.2) is 21.2 Å². The number of aryl methyl sites for hydroxylation is 2. The fourth-order valence-corrected chi connectivity index (χ4v) is 2.29. The van der Waals surface area contributed by atoms with Gasteiger partial charge in [-0.25, -0.2) is 4.98 Å². The van der Waals surface area contributed by atoms with E-state index in [0.29, 0.717) is 5.75 Å². The molecule has 0 fully saturated rings. The lowest BCUT2D eigenvalue weighted by molar-refractivity contribution is 0.449. The van der Waals surface area contributed by atoms with Gasteiger partial charge >= 0.3 is 0 Å². The lowest BCUT2D eigenvalue weighted by Crippen LogP contribution is -2.20. The third-order valence-corrected chi connectivity index (χ3v) is 3.50. The molecule has 0 amide bonds. The average molecular weight is 273 g/mol. The van der Waals surface area contributed by atoms with Gasteiger partial charge in [0.2, 0.25) is 0 Å². The number of unbranched alkanes of at least 4 members (excludes halogenated alkanes) is 1. The fraction of sp³-hybridized carbons (Fsp3) is 0.438. The maximum atomic E-state index is 9.88. The summed E-state index contributed by atoms with van der Waals surface area (Å²) < 4.78 is 2.09. The summed E-state index contributed by atoms with van der Waals surface area (Å²) in [6, 6.07) is 5.90. The molecule has 108 valence electrons. The predicted molar refractivity (Wildman–Crippen MR) is 80.7 cm³/mol. The van der Waals surface area contributed by atoms with Gasteiger partial charge in [-0.15, -0.1) is 0 Å². The van der Waals surface area contributed by atoms with Crippen molar-refractivity contribution < 1.29 is 5.11 Å². The van der Waals surface area contributed by atoms with E-state index in [1.54, 1.807) is 12.3 Å². The molecule has 1 unspecified atom stereocenters. The van der Waals surface area contributed by atoms with Gasteiger partial charge in [0.05, 0.1) is 6.33 Å². The first-order valence-electron chi connectivity index (χ1n) is 7.15. The van der Waals surface area contributed by atoms with E-state index in [2.05, 4.69) is 21.8 Å². The van der Waals surface area contributed by atoms with Crippen LogP contribution in [-0.2, 0) is 6.54 Å². The van der Waals surface area contributed by atoms with Gasteiger partial charge in [0.15, 0.2) is 0 Å². The number of nitrogens with zero attached hydrogens (tertiary/aromatic N) is 2. The normalized spacial score (nSPS) is 12.5. The predicted octanol–water partition coefficient (Wildman–Crippen LogP) is 3.03. The fourth-order valence-electron chi connectivity index (χ4n) is 2.29. The van der Waals surface area contributed by atoms with Crippen molar-refractivity contribution in [1.29, 1.82) is 0 Å². The SMILES string of the molecule is Cc1ccc(O)c(C(C)NCCCCn2ccnc2)c1. The molecule has 0 saturated heterocycles. The van der Waals surface area contributed by atoms with Gasteiger partial charge in [-0.05, 0) is 39.3 Å². The van der Waals surface area contributed by atoms with Crippen molar-refractivity contribution in [2.75, 3.05) is 6.54 Å². The standard InChI is InChI=1S/C16H23N3O/c1-13-5-6-16(20)15(11-13)14(2)18-7-3-4-9-19-10-8-17-12-19/h5-6,8,10-12,14,18,20H,3-4,7,9H2,1-2H3. The molecule has 0 aliphatic rings. The molecule has 2 aromatic rings. The number of nitrogens with one attached hydrogen (secondary N) is 1. The first-order chi connectivity index (χ1) is 9.66. The number of aromatic nitrogens is 2. The summed E-state index contributed by atoms with van der Waals surface area (Å²) in [5.41, 5.74) is 2.14. The van der Waals surface area contributed by atoms with E-state index in [0.717, 1.165) is 31.5 Å². The Morgan fingerprint density at radius 2 is 2.20 bits per heavy atom. The molecule has 1 atom stereocenters. The average Bonchev–Trinajstić information content (AvgIpc) is 2.94. The molecule has 1 heterocycles. The number of hydrogen-bond donors (Lipinski definition) is 2. The van der Waals surface area contributed by atoms with E-state index in [1.807, 2.05) is 31.6 Å². The Hall–Kier alpha value is -1.81. The summed E-state index contributed by atoms with van der Waals surface area (Å²) in [4.78, 5) is 4.03. The van der Waals surface area contributed by atoms with Crippen molar-refractivity contribution in [1.82, 2.24) is 14.9 Å². The molecule has 0 bridgehead atoms. The van der Waals surface area contributed by atoms with Crippen LogP contribution in [0.25, 0.3) is 0 Å². The monoisotopic (exact) mass is 273 g/mol. The Morgan fingerprint density at radius 3 is 2.95 bits per heavy atom. The molecule has 1 aromatic carbocycles. The zero-order valence-corrected chi connectivity index (χ0v) is 12.2. The number of benzene rings is 1. The van der Waals surface area contributed by atoms with E-state index in [9.17, 15) is 5.11 Å². The van der Waals surface area contributed by atoms with Gasteiger partial charge in [0.25, 0.3) is 0 Å². The molecule has 2 rings (SSSR count). The van der Waals surface area contributed by atoms with Crippen LogP contribution in [0, 0.1) is 6.92 Å². The smallest absolute Gasteiger partial charge is 0.120 e. The molecular weight excluding hydrogens is 250 g/mol. The lowest BCUT2D eigenvalue weighted by atomic mass is 10.0. The molecule has 0 saturated carbocycles. The van der Waals surface area contributed by atoms with Crippen molar-refractivity contribution in [2.45, 2.75) is 39.3 Å². The summed E-state index contributed by atoms with van der Waals surface area (Å²) in [5, 5.41) is 13.3. The van der Waals surface area contributed by atoms with Crippen molar-refractivity contribution in [3.05, 3.63) is 48.0 Å². The highest BCUT2D eigenvalue weighted by Gasteiger charge is 2.09. The second-order valence-electron chi connectivity index (χ2n) is 5.25. The molecular formula is C16H23N3O. The van der Waals surface area contributed by atoms with E-state index < -0.39 is 0 Å². The minimum atomic E-state index is 0.170. The van der Waals surface area contributed by atoms with Gasteiger partial charge in [-0.1, -0.05) is 17.7 Å². The summed E-state index contributed by atoms with van der Waals surface area (Å²) in [6.45, 7) is 6.08. The molecule has 4 heteroatoms. The van der Waals surface area contributed by atoms with Crippen LogP contribution in [0.5, 0.6) is 5.75 Å². The Kier molecular flexibility index (Phi) is 5.18. The molecule has 20 heavy (non-hydrogen) atoms. The zero-order valence-electron chi connectivity index (χ0n) is 12.2. The lowest BCUT2D eigenvalue weighted by Gasteiger charge is -2.16. The minimum Gasteiger partial charge on any atom is -0.508 e. The topological polar surface area (TPSA) is 50.1 Å². The van der Waals surface area contributed by atoms with Crippen molar-refractivity contribution in [3.63, 3.8) is 0 Å². The first kappa shape index (κ1) is 14.6. The molecule has 0 radical (unpaired) electrons. The van der Waals surface area contributed by atoms with E-state index in [-0.39, 0.29) is 6.04 Å². The highest BCUT2D eigenvalue weighted by atomic mass is 16.3. The quantitative estimate of drug-likeness (QED) is 0.762. The van der Waals surface area contributed by atoms with E-state index in [4.69, 9.17) is 0 Å². The van der Waals surface area contributed by atoms with Gasteiger partial charge in [0.1, 0.15) is 5.75 Å². The maximum absolute atomic E-state index is 9.88. The number of phenolic OH excluding ortho intramolecular Hbond substituents is 1. The largest absolute Gasteiger partial charge is 0.508 e. The number of imidazole rings is 1. The third-order valence-electron chi connectivity index (χ3n) is 3.50. The van der Waals surface area contributed by atoms with Gasteiger partial charge < -0.3 is 15.0 Å². The zero-order chi connectivity index (χ0) is 14.4. The molecule has 0 spiro atoms. The van der Waals surface area contributed by atoms with E-state index >= 15 is 0 Å². The molecule has 4 nitrogen and oxygen atoms in total. The Labute approximate surface area is 120 Å². The van der Waals surface area contributed by atoms with Crippen LogP contribution in [0.4, 0.5) is 0 Å². The first-order valence-corrected chi connectivity index (χ1v) is 7.15. The Balaban J connectivity index is 1.72. The highest BCUT2D eigenvalue weighted by Crippen LogP contribution is 2.24. The molecule has 0 aliphatic carbocycles. The van der Waals surface area contributed by atoms with Crippen LogP contribution in [0.3, 0.4) is 0 Å². The minimum absolute atomic E-state index is 0.170. The van der Waals surface area contributed by atoms with Crippen molar-refractivity contribution in [3.8, 4) is 5.75 Å². The van der Waals surface area contributed by atoms with Crippen LogP contribution in [0.1, 0.15) is 36.9 Å². The van der Waals surface area contributed by atoms with Gasteiger partial charge in [-0.2, -0.15) is 0 Å². The van der Waals surface area contributed by atoms with Gasteiger partial charge in [0, 0.05) is 30.5 Å². The summed E-state index contributed by atoms with van der Waals surface area (Å²) in [6.07, 6.45) is 7.87. The highest BCUT2D eigenvalue weighted by molar-refractivity contribution is 5.37. The summed E-state index contributed by atoms with van der Waals surface area (Å²) in [7, 11) is 0. The Bertz CT molecular complexity index is 523. The van der Waals surface area contributed by atoms with Crippen molar-refractivity contribution >= 4 is 0 Å². The molecule has 1 aromatic heterocycles.